The van der Waals surface area contributed by atoms with Gasteiger partial charge in [-0.15, -0.1) is 0 Å². The molecule has 5 rings (SSSR count). The number of para-hydroxylation sites is 1. The van der Waals surface area contributed by atoms with Gasteiger partial charge < -0.3 is 5.11 Å². The number of hydrogen-bond donors (Lipinski definition) is 1. The van der Waals surface area contributed by atoms with Crippen LogP contribution in [0.5, 0.6) is 0 Å². The minimum atomic E-state index is -1.04. The van der Waals surface area contributed by atoms with Gasteiger partial charge in [0.1, 0.15) is 11.6 Å². The predicted molar refractivity (Wildman–Crippen MR) is 122 cm³/mol. The van der Waals surface area contributed by atoms with Crippen molar-refractivity contribution in [3.8, 4) is 0 Å². The molecule has 4 aromatic rings. The fraction of sp³-hybridized carbons (Fsp3) is 0.0417. The lowest BCUT2D eigenvalue weighted by Gasteiger charge is -2.23. The highest BCUT2D eigenvalue weighted by Crippen LogP contribution is 2.44. The molecule has 1 aromatic heterocycles. The van der Waals surface area contributed by atoms with Crippen molar-refractivity contribution in [2.75, 3.05) is 4.90 Å². The Morgan fingerprint density at radius 2 is 1.78 bits per heavy atom. The quantitative estimate of drug-likeness (QED) is 0.239. The normalized spacial score (nSPS) is 17.9. The summed E-state index contributed by atoms with van der Waals surface area (Å²) < 4.78 is 14.9. The Labute approximate surface area is 191 Å². The van der Waals surface area contributed by atoms with Gasteiger partial charge in [-0.3, -0.25) is 14.5 Å². The van der Waals surface area contributed by atoms with E-state index in [1.807, 2.05) is 18.2 Å². The molecular formula is C24H14ClFN2O3S. The number of aliphatic hydroxyl groups is 1. The Kier molecular flexibility index (Phi) is 5.00. The molecule has 1 unspecified atom stereocenters. The zero-order valence-electron chi connectivity index (χ0n) is 16.3. The summed E-state index contributed by atoms with van der Waals surface area (Å²) in [6.07, 6.45) is 0. The molecule has 0 spiro atoms. The zero-order valence-corrected chi connectivity index (χ0v) is 17.9. The lowest BCUT2D eigenvalue weighted by molar-refractivity contribution is -0.132. The van der Waals surface area contributed by atoms with Crippen LogP contribution in [0.3, 0.4) is 0 Å². The molecule has 5 nitrogen and oxygen atoms in total. The third-order valence-corrected chi connectivity index (χ3v) is 6.50. The van der Waals surface area contributed by atoms with Crippen LogP contribution in [0.2, 0.25) is 5.02 Å². The van der Waals surface area contributed by atoms with Crippen molar-refractivity contribution in [3.05, 3.63) is 100 Å². The molecule has 2 heterocycles. The Bertz CT molecular complexity index is 1380. The second-order valence-corrected chi connectivity index (χ2v) is 8.64. The molecule has 0 bridgehead atoms. The molecule has 32 heavy (non-hydrogen) atoms. The summed E-state index contributed by atoms with van der Waals surface area (Å²) in [5, 5.41) is 11.8. The summed E-state index contributed by atoms with van der Waals surface area (Å²) >= 11 is 7.18. The van der Waals surface area contributed by atoms with Crippen LogP contribution in [0.1, 0.15) is 17.2 Å². The Hall–Kier alpha value is -3.55. The van der Waals surface area contributed by atoms with E-state index in [-0.39, 0.29) is 16.5 Å². The molecule has 1 amide bonds. The number of aliphatic hydroxyl groups excluding tert-OH is 1. The number of halogens is 2. The Morgan fingerprint density at radius 3 is 2.50 bits per heavy atom. The number of rotatable bonds is 3. The molecule has 1 N–H and O–H groups in total. The minimum Gasteiger partial charge on any atom is -0.507 e. The van der Waals surface area contributed by atoms with Gasteiger partial charge in [-0.05, 0) is 54.1 Å². The van der Waals surface area contributed by atoms with Gasteiger partial charge in [0.25, 0.3) is 5.78 Å². The summed E-state index contributed by atoms with van der Waals surface area (Å²) in [7, 11) is 0. The second-order valence-electron chi connectivity index (χ2n) is 7.20. The second kappa shape index (κ2) is 7.85. The fourth-order valence-corrected chi connectivity index (χ4v) is 4.87. The molecule has 0 saturated carbocycles. The Balaban J connectivity index is 1.74. The average molecular weight is 465 g/mol. The lowest BCUT2D eigenvalue weighted by atomic mass is 9.95. The van der Waals surface area contributed by atoms with Crippen LogP contribution in [0.25, 0.3) is 16.0 Å². The highest BCUT2D eigenvalue weighted by molar-refractivity contribution is 7.22. The molecule has 158 valence electrons. The summed E-state index contributed by atoms with van der Waals surface area (Å²) in [6.45, 7) is 0. The monoisotopic (exact) mass is 464 g/mol. The van der Waals surface area contributed by atoms with E-state index in [0.29, 0.717) is 21.7 Å². The van der Waals surface area contributed by atoms with Gasteiger partial charge in [-0.2, -0.15) is 0 Å². The number of hydrogen-bond acceptors (Lipinski definition) is 5. The molecule has 0 aliphatic carbocycles. The first kappa shape index (κ1) is 20.4. The first-order chi connectivity index (χ1) is 15.4. The number of nitrogens with zero attached hydrogens (tertiary/aromatic N) is 2. The number of benzene rings is 3. The van der Waals surface area contributed by atoms with Gasteiger partial charge in [0.2, 0.25) is 0 Å². The number of anilines is 1. The van der Waals surface area contributed by atoms with Crippen LogP contribution in [0.15, 0.2) is 78.4 Å². The van der Waals surface area contributed by atoms with Crippen LogP contribution in [-0.4, -0.2) is 21.8 Å². The number of carbonyl (C=O) groups is 2. The standard InChI is InChI=1S/C24H14ClFN2O3S/c25-15-10-8-13(9-11-15)21(29)19-20(14-4-3-5-16(26)12-14)28(23(31)22(19)30)24-27-17-6-1-2-7-18(17)32-24/h1-12,20,29H/b21-19+. The average Bonchev–Trinajstić information content (AvgIpc) is 3.32. The van der Waals surface area contributed by atoms with Crippen molar-refractivity contribution in [3.63, 3.8) is 0 Å². The first-order valence-electron chi connectivity index (χ1n) is 9.62. The van der Waals surface area contributed by atoms with Gasteiger partial charge in [0.15, 0.2) is 5.13 Å². The number of aromatic nitrogens is 1. The molecule has 1 saturated heterocycles. The van der Waals surface area contributed by atoms with E-state index in [2.05, 4.69) is 4.98 Å². The molecule has 3 aromatic carbocycles. The van der Waals surface area contributed by atoms with Gasteiger partial charge in [0, 0.05) is 10.6 Å². The maximum absolute atomic E-state index is 14.1. The van der Waals surface area contributed by atoms with Crippen LogP contribution < -0.4 is 4.90 Å². The highest BCUT2D eigenvalue weighted by Gasteiger charge is 2.48. The van der Waals surface area contributed by atoms with E-state index >= 15 is 0 Å². The molecule has 1 fully saturated rings. The third kappa shape index (κ3) is 3.36. The predicted octanol–water partition coefficient (Wildman–Crippen LogP) is 5.72. The van der Waals surface area contributed by atoms with Crippen molar-refractivity contribution >= 4 is 55.7 Å². The minimum absolute atomic E-state index is 0.137. The van der Waals surface area contributed by atoms with E-state index in [1.54, 1.807) is 36.4 Å². The van der Waals surface area contributed by atoms with Gasteiger partial charge in [-0.1, -0.05) is 47.2 Å². The van der Waals surface area contributed by atoms with Gasteiger partial charge >= 0.3 is 5.91 Å². The lowest BCUT2D eigenvalue weighted by Crippen LogP contribution is -2.29. The van der Waals surface area contributed by atoms with E-state index in [0.717, 1.165) is 4.70 Å². The number of amides is 1. The van der Waals surface area contributed by atoms with Crippen molar-refractivity contribution in [2.45, 2.75) is 6.04 Å². The Morgan fingerprint density at radius 1 is 1.03 bits per heavy atom. The molecule has 1 aliphatic rings. The van der Waals surface area contributed by atoms with Crippen LogP contribution in [0, 0.1) is 5.82 Å². The van der Waals surface area contributed by atoms with Crippen LogP contribution in [-0.2, 0) is 9.59 Å². The number of thiazole rings is 1. The topological polar surface area (TPSA) is 70.5 Å². The summed E-state index contributed by atoms with van der Waals surface area (Å²) in [5.74, 6) is -2.60. The molecule has 1 aliphatic heterocycles. The largest absolute Gasteiger partial charge is 0.507 e. The van der Waals surface area contributed by atoms with Crippen LogP contribution >= 0.6 is 22.9 Å². The molecule has 8 heteroatoms. The summed E-state index contributed by atoms with van der Waals surface area (Å²) in [5.41, 5.74) is 1.20. The smallest absolute Gasteiger partial charge is 0.301 e. The number of fused-ring (bicyclic) bond motifs is 1. The summed E-state index contributed by atoms with van der Waals surface area (Å²) in [4.78, 5) is 32.0. The van der Waals surface area contributed by atoms with E-state index < -0.39 is 23.5 Å². The first-order valence-corrected chi connectivity index (χ1v) is 10.8. The maximum Gasteiger partial charge on any atom is 0.301 e. The number of Topliss-reactive ketones (excluding diaryl/α,β-unsaturated/α-hetero) is 1. The third-order valence-electron chi connectivity index (χ3n) is 5.22. The van der Waals surface area contributed by atoms with Crippen molar-refractivity contribution in [1.29, 1.82) is 0 Å². The van der Waals surface area contributed by atoms with Crippen molar-refractivity contribution < 1.29 is 19.1 Å². The van der Waals surface area contributed by atoms with E-state index in [9.17, 15) is 19.1 Å². The summed E-state index contributed by atoms with van der Waals surface area (Å²) in [6, 6.07) is 18.1. The molecule has 1 atom stereocenters. The van der Waals surface area contributed by atoms with Gasteiger partial charge in [-0.25, -0.2) is 9.37 Å². The van der Waals surface area contributed by atoms with Crippen molar-refractivity contribution in [1.82, 2.24) is 4.98 Å². The fourth-order valence-electron chi connectivity index (χ4n) is 3.75. The van der Waals surface area contributed by atoms with E-state index in [4.69, 9.17) is 11.6 Å². The molecule has 0 radical (unpaired) electrons. The number of ketones is 1. The van der Waals surface area contributed by atoms with Crippen molar-refractivity contribution in [2.24, 2.45) is 0 Å². The maximum atomic E-state index is 14.1. The van der Waals surface area contributed by atoms with Crippen LogP contribution in [0.4, 0.5) is 9.52 Å². The zero-order chi connectivity index (χ0) is 22.4. The molecular weight excluding hydrogens is 451 g/mol. The number of carbonyl (C=O) groups excluding carboxylic acids is 2. The van der Waals surface area contributed by atoms with Gasteiger partial charge in [0.05, 0.1) is 21.8 Å². The van der Waals surface area contributed by atoms with E-state index in [1.165, 1.54) is 34.4 Å². The highest BCUT2D eigenvalue weighted by atomic mass is 35.5. The SMILES string of the molecule is O=C1C(=O)N(c2nc3ccccc3s2)C(c2cccc(F)c2)/C1=C(\O)c1ccc(Cl)cc1.